The molecule has 13 heavy (non-hydrogen) atoms. The van der Waals surface area contributed by atoms with Crippen LogP contribution in [0.25, 0.3) is 0 Å². The molecule has 1 aliphatic heterocycles. The minimum absolute atomic E-state index is 0.189. The van der Waals surface area contributed by atoms with E-state index >= 15 is 0 Å². The summed E-state index contributed by atoms with van der Waals surface area (Å²) in [5, 5.41) is 0. The van der Waals surface area contributed by atoms with Crippen LogP contribution in [0.1, 0.15) is 12.5 Å². The second kappa shape index (κ2) is 3.18. The van der Waals surface area contributed by atoms with Crippen molar-refractivity contribution in [2.24, 2.45) is 0 Å². The number of rotatable bonds is 1. The third-order valence-corrected chi connectivity index (χ3v) is 2.17. The van der Waals surface area contributed by atoms with Crippen molar-refractivity contribution in [3.8, 4) is 0 Å². The van der Waals surface area contributed by atoms with E-state index in [1.165, 1.54) is 6.33 Å². The van der Waals surface area contributed by atoms with Crippen molar-refractivity contribution >= 4 is 5.69 Å². The quantitative estimate of drug-likeness (QED) is 0.650. The summed E-state index contributed by atoms with van der Waals surface area (Å²) < 4.78 is 7.05. The fraction of sp³-hybridized carbons (Fsp3) is 0.500. The fourth-order valence-corrected chi connectivity index (χ4v) is 1.40. The van der Waals surface area contributed by atoms with Crippen molar-refractivity contribution in [1.29, 1.82) is 0 Å². The van der Waals surface area contributed by atoms with Crippen LogP contribution in [0, 0.1) is 0 Å². The normalized spacial score (nSPS) is 22.0. The van der Waals surface area contributed by atoms with Crippen molar-refractivity contribution in [1.82, 2.24) is 9.55 Å². The molecule has 0 radical (unpaired) electrons. The van der Waals surface area contributed by atoms with Gasteiger partial charge in [-0.1, -0.05) is 0 Å². The Kier molecular flexibility index (Phi) is 2.02. The van der Waals surface area contributed by atoms with Gasteiger partial charge in [0, 0.05) is 12.8 Å². The lowest BCUT2D eigenvalue weighted by Crippen LogP contribution is -2.18. The molecule has 1 unspecified atom stereocenters. The van der Waals surface area contributed by atoms with Gasteiger partial charge in [0.15, 0.2) is 0 Å². The van der Waals surface area contributed by atoms with Gasteiger partial charge in [0.2, 0.25) is 0 Å². The molecule has 1 aromatic heterocycles. The van der Waals surface area contributed by atoms with Crippen LogP contribution >= 0.6 is 0 Å². The molecule has 1 saturated heterocycles. The van der Waals surface area contributed by atoms with E-state index in [-0.39, 0.29) is 17.3 Å². The summed E-state index contributed by atoms with van der Waals surface area (Å²) in [5.41, 5.74) is 5.28. The lowest BCUT2D eigenvalue weighted by molar-refractivity contribution is 0.186. The first kappa shape index (κ1) is 8.25. The van der Waals surface area contributed by atoms with Gasteiger partial charge in [-0.2, -0.15) is 4.98 Å². The zero-order chi connectivity index (χ0) is 9.26. The monoisotopic (exact) mass is 181 g/mol. The maximum absolute atomic E-state index is 10.9. The van der Waals surface area contributed by atoms with Crippen LogP contribution in [-0.4, -0.2) is 22.8 Å². The Morgan fingerprint density at radius 1 is 1.69 bits per heavy atom. The second-order valence-electron chi connectivity index (χ2n) is 3.10. The summed E-state index contributed by atoms with van der Waals surface area (Å²) >= 11 is 0. The average Bonchev–Trinajstić information content (AvgIpc) is 2.62. The van der Waals surface area contributed by atoms with E-state index in [1.807, 2.05) is 4.57 Å². The van der Waals surface area contributed by atoms with Crippen LogP contribution in [0.5, 0.6) is 0 Å². The summed E-state index contributed by atoms with van der Waals surface area (Å²) in [6.07, 6.45) is 4.08. The molecule has 1 atom stereocenters. The van der Waals surface area contributed by atoms with Gasteiger partial charge in [0.1, 0.15) is 5.69 Å². The molecule has 1 aliphatic rings. The first-order valence-electron chi connectivity index (χ1n) is 4.18. The smallest absolute Gasteiger partial charge is 0.295 e. The van der Waals surface area contributed by atoms with Crippen LogP contribution in [-0.2, 0) is 4.74 Å². The minimum Gasteiger partial charge on any atom is -0.393 e. The lowest BCUT2D eigenvalue weighted by atomic mass is 10.2. The first-order chi connectivity index (χ1) is 6.27. The number of ether oxygens (including phenoxy) is 1. The molecule has 0 aliphatic carbocycles. The lowest BCUT2D eigenvalue weighted by Gasteiger charge is -2.11. The van der Waals surface area contributed by atoms with Crippen LogP contribution in [0.3, 0.4) is 0 Å². The van der Waals surface area contributed by atoms with Gasteiger partial charge in [-0.05, 0) is 6.42 Å². The van der Waals surface area contributed by atoms with Gasteiger partial charge < -0.3 is 15.0 Å². The Labute approximate surface area is 75.1 Å². The molecule has 1 aromatic rings. The first-order valence-corrected chi connectivity index (χ1v) is 4.18. The molecular weight excluding hydrogens is 170 g/mol. The molecule has 2 heterocycles. The molecule has 0 bridgehead atoms. The van der Waals surface area contributed by atoms with Gasteiger partial charge in [-0.15, -0.1) is 0 Å². The van der Waals surface area contributed by atoms with E-state index in [9.17, 15) is 4.79 Å². The number of hydrogen-bond acceptors (Lipinski definition) is 4. The Hall–Kier alpha value is -1.36. The number of nitrogen functional groups attached to an aromatic ring is 1. The zero-order valence-electron chi connectivity index (χ0n) is 7.14. The molecule has 1 fully saturated rings. The van der Waals surface area contributed by atoms with E-state index < -0.39 is 0 Å². The van der Waals surface area contributed by atoms with Crippen molar-refractivity contribution in [3.63, 3.8) is 0 Å². The number of anilines is 1. The number of hydrogen-bond donors (Lipinski definition) is 1. The van der Waals surface area contributed by atoms with Crippen LogP contribution < -0.4 is 11.3 Å². The third kappa shape index (κ3) is 1.55. The molecule has 2 N–H and O–H groups in total. The standard InChI is InChI=1S/C8H11N3O2/c9-7-3-11(5-10-8(7)12)6-1-2-13-4-6/h3,5-6H,1-2,4,9H2. The molecule has 0 spiro atoms. The van der Waals surface area contributed by atoms with Gasteiger partial charge in [-0.25, -0.2) is 0 Å². The Balaban J connectivity index is 2.30. The van der Waals surface area contributed by atoms with E-state index in [0.717, 1.165) is 13.0 Å². The Bertz CT molecular complexity index is 355. The number of aromatic nitrogens is 2. The molecule has 5 nitrogen and oxygen atoms in total. The summed E-state index contributed by atoms with van der Waals surface area (Å²) in [6.45, 7) is 1.43. The maximum Gasteiger partial charge on any atom is 0.295 e. The topological polar surface area (TPSA) is 70.1 Å². The highest BCUT2D eigenvalue weighted by Crippen LogP contribution is 2.17. The van der Waals surface area contributed by atoms with Crippen molar-refractivity contribution < 1.29 is 4.74 Å². The van der Waals surface area contributed by atoms with Gasteiger partial charge in [0.05, 0.1) is 19.0 Å². The molecule has 2 rings (SSSR count). The van der Waals surface area contributed by atoms with Gasteiger partial charge >= 0.3 is 0 Å². The predicted octanol–water partition coefficient (Wildman–Crippen LogP) is -0.213. The summed E-state index contributed by atoms with van der Waals surface area (Å²) in [6, 6.07) is 0.274. The van der Waals surface area contributed by atoms with E-state index in [0.29, 0.717) is 6.61 Å². The van der Waals surface area contributed by atoms with Gasteiger partial charge in [0.25, 0.3) is 5.56 Å². The maximum atomic E-state index is 10.9. The van der Waals surface area contributed by atoms with Crippen LogP contribution in [0.2, 0.25) is 0 Å². The summed E-state index contributed by atoms with van der Waals surface area (Å²) in [7, 11) is 0. The van der Waals surface area contributed by atoms with E-state index in [1.54, 1.807) is 6.20 Å². The highest BCUT2D eigenvalue weighted by molar-refractivity contribution is 5.30. The van der Waals surface area contributed by atoms with Crippen molar-refractivity contribution in [2.45, 2.75) is 12.5 Å². The van der Waals surface area contributed by atoms with Gasteiger partial charge in [-0.3, -0.25) is 4.79 Å². The van der Waals surface area contributed by atoms with Crippen molar-refractivity contribution in [2.75, 3.05) is 18.9 Å². The zero-order valence-corrected chi connectivity index (χ0v) is 7.14. The minimum atomic E-state index is -0.366. The average molecular weight is 181 g/mol. The highest BCUT2D eigenvalue weighted by atomic mass is 16.5. The molecular formula is C8H11N3O2. The largest absolute Gasteiger partial charge is 0.393 e. The number of nitrogens with two attached hydrogens (primary N) is 1. The fourth-order valence-electron chi connectivity index (χ4n) is 1.40. The van der Waals surface area contributed by atoms with E-state index in [4.69, 9.17) is 10.5 Å². The molecule has 0 saturated carbocycles. The van der Waals surface area contributed by atoms with Crippen LogP contribution in [0.15, 0.2) is 17.3 Å². The van der Waals surface area contributed by atoms with Crippen molar-refractivity contribution in [3.05, 3.63) is 22.9 Å². The van der Waals surface area contributed by atoms with E-state index in [2.05, 4.69) is 4.98 Å². The molecule has 70 valence electrons. The summed E-state index contributed by atoms with van der Waals surface area (Å²) in [5.74, 6) is 0. The SMILES string of the molecule is Nc1cn(C2CCOC2)cnc1=O. The molecule has 0 aromatic carbocycles. The second-order valence-corrected chi connectivity index (χ2v) is 3.10. The predicted molar refractivity (Wildman–Crippen MR) is 47.4 cm³/mol. The highest BCUT2D eigenvalue weighted by Gasteiger charge is 2.16. The molecule has 0 amide bonds. The van der Waals surface area contributed by atoms with Crippen LogP contribution in [0.4, 0.5) is 5.69 Å². The Morgan fingerprint density at radius 2 is 2.54 bits per heavy atom. The number of nitrogens with zero attached hydrogens (tertiary/aromatic N) is 2. The summed E-state index contributed by atoms with van der Waals surface area (Å²) in [4.78, 5) is 14.6. The Morgan fingerprint density at radius 3 is 3.15 bits per heavy atom. The third-order valence-electron chi connectivity index (χ3n) is 2.17. The molecule has 5 heteroatoms.